The molecule has 0 radical (unpaired) electrons. The van der Waals surface area contributed by atoms with Gasteiger partial charge < -0.3 is 26.6 Å². The molecule has 3 rings (SSSR count). The van der Waals surface area contributed by atoms with E-state index in [2.05, 4.69) is 20.9 Å². The number of nitrogens with zero attached hydrogens (tertiary/aromatic N) is 1. The molecule has 0 spiro atoms. The van der Waals surface area contributed by atoms with Crippen LogP contribution in [0, 0.1) is 5.92 Å². The second-order valence-electron chi connectivity index (χ2n) is 6.48. The van der Waals surface area contributed by atoms with Crippen molar-refractivity contribution in [1.82, 2.24) is 16.0 Å². The molecule has 0 bridgehead atoms. The highest BCUT2D eigenvalue weighted by Crippen LogP contribution is 2.23. The van der Waals surface area contributed by atoms with Crippen molar-refractivity contribution >= 4 is 23.5 Å². The predicted octanol–water partition coefficient (Wildman–Crippen LogP) is -0.314. The van der Waals surface area contributed by atoms with Crippen molar-refractivity contribution in [3.05, 3.63) is 29.8 Å². The highest BCUT2D eigenvalue weighted by atomic mass is 16.2. The molecular formula is C17H23N5O3. The first kappa shape index (κ1) is 17.1. The Bertz CT molecular complexity index is 661. The lowest BCUT2D eigenvalue weighted by Crippen LogP contribution is -2.42. The summed E-state index contributed by atoms with van der Waals surface area (Å²) in [6, 6.07) is 7.04. The smallest absolute Gasteiger partial charge is 0.315 e. The Morgan fingerprint density at radius 2 is 2.04 bits per heavy atom. The van der Waals surface area contributed by atoms with Crippen molar-refractivity contribution in [2.45, 2.75) is 25.4 Å². The van der Waals surface area contributed by atoms with Gasteiger partial charge in [-0.25, -0.2) is 4.79 Å². The number of amides is 4. The van der Waals surface area contributed by atoms with Gasteiger partial charge in [-0.3, -0.25) is 9.59 Å². The summed E-state index contributed by atoms with van der Waals surface area (Å²) >= 11 is 0. The van der Waals surface area contributed by atoms with E-state index in [1.165, 1.54) is 0 Å². The normalized spacial score (nSPS) is 22.9. The van der Waals surface area contributed by atoms with Crippen molar-refractivity contribution in [1.29, 1.82) is 0 Å². The van der Waals surface area contributed by atoms with E-state index in [1.807, 2.05) is 24.3 Å². The Hall–Kier alpha value is -2.77. The zero-order valence-corrected chi connectivity index (χ0v) is 14.0. The number of benzene rings is 1. The van der Waals surface area contributed by atoms with Gasteiger partial charge in [0.1, 0.15) is 6.04 Å². The van der Waals surface area contributed by atoms with Crippen molar-refractivity contribution < 1.29 is 14.4 Å². The average molecular weight is 345 g/mol. The molecule has 1 aromatic carbocycles. The molecule has 2 aliphatic heterocycles. The third-order valence-electron chi connectivity index (χ3n) is 4.68. The number of nitrogens with one attached hydrogen (secondary N) is 3. The molecule has 2 aliphatic rings. The van der Waals surface area contributed by atoms with Crippen LogP contribution in [0.2, 0.25) is 0 Å². The van der Waals surface area contributed by atoms with Gasteiger partial charge in [-0.05, 0) is 30.5 Å². The molecule has 8 nitrogen and oxygen atoms in total. The number of hydrogen-bond donors (Lipinski definition) is 4. The lowest BCUT2D eigenvalue weighted by atomic mass is 9.97. The third kappa shape index (κ3) is 4.20. The molecule has 8 heteroatoms. The van der Waals surface area contributed by atoms with Gasteiger partial charge in [0, 0.05) is 31.9 Å². The largest absolute Gasteiger partial charge is 0.371 e. The summed E-state index contributed by atoms with van der Waals surface area (Å²) in [7, 11) is 0. The Balaban J connectivity index is 1.52. The summed E-state index contributed by atoms with van der Waals surface area (Å²) in [4.78, 5) is 36.6. The SMILES string of the molecule is NC(=O)C1CCCN(c2ccc(CNC(=O)C3CNC(=O)N3)cc2)C1. The fourth-order valence-corrected chi connectivity index (χ4v) is 3.19. The van der Waals surface area contributed by atoms with Gasteiger partial charge in [-0.15, -0.1) is 0 Å². The predicted molar refractivity (Wildman–Crippen MR) is 92.7 cm³/mol. The second-order valence-corrected chi connectivity index (χ2v) is 6.48. The van der Waals surface area contributed by atoms with Crippen LogP contribution in [0.1, 0.15) is 18.4 Å². The van der Waals surface area contributed by atoms with Gasteiger partial charge in [-0.1, -0.05) is 12.1 Å². The zero-order chi connectivity index (χ0) is 17.8. The number of urea groups is 1. The van der Waals surface area contributed by atoms with Crippen LogP contribution in [0.15, 0.2) is 24.3 Å². The quantitative estimate of drug-likeness (QED) is 0.585. The molecule has 2 unspecified atom stereocenters. The van der Waals surface area contributed by atoms with E-state index in [-0.39, 0.29) is 23.8 Å². The van der Waals surface area contributed by atoms with Crippen LogP contribution in [0.4, 0.5) is 10.5 Å². The molecule has 2 fully saturated rings. The number of piperidine rings is 1. The molecule has 25 heavy (non-hydrogen) atoms. The fourth-order valence-electron chi connectivity index (χ4n) is 3.19. The van der Waals surface area contributed by atoms with E-state index < -0.39 is 6.04 Å². The highest BCUT2D eigenvalue weighted by molar-refractivity contribution is 5.90. The maximum atomic E-state index is 12.0. The molecule has 0 aliphatic carbocycles. The summed E-state index contributed by atoms with van der Waals surface area (Å²) in [6.45, 7) is 2.27. The Kier molecular flexibility index (Phi) is 5.06. The van der Waals surface area contributed by atoms with E-state index in [0.717, 1.165) is 30.6 Å². The fraction of sp³-hybridized carbons (Fsp3) is 0.471. The molecule has 2 atom stereocenters. The van der Waals surface area contributed by atoms with Gasteiger partial charge >= 0.3 is 6.03 Å². The van der Waals surface area contributed by atoms with Crippen molar-refractivity contribution in [3.8, 4) is 0 Å². The Labute approximate surface area is 146 Å². The minimum Gasteiger partial charge on any atom is -0.371 e. The topological polar surface area (TPSA) is 117 Å². The molecule has 2 heterocycles. The maximum Gasteiger partial charge on any atom is 0.315 e. The summed E-state index contributed by atoms with van der Waals surface area (Å²) in [5, 5.41) is 7.92. The number of rotatable bonds is 5. The number of carbonyl (C=O) groups is 3. The number of nitrogens with two attached hydrogens (primary N) is 1. The highest BCUT2D eigenvalue weighted by Gasteiger charge is 2.26. The standard InChI is InChI=1S/C17H23N5O3/c18-15(23)12-2-1-7-22(10-12)13-5-3-11(4-6-13)8-19-16(24)14-9-20-17(25)21-14/h3-6,12,14H,1-2,7-10H2,(H2,18,23)(H,19,24)(H2,20,21,25). The van der Waals surface area contributed by atoms with Crippen LogP contribution in [0.3, 0.4) is 0 Å². The first-order chi connectivity index (χ1) is 12.0. The van der Waals surface area contributed by atoms with Crippen molar-refractivity contribution in [3.63, 3.8) is 0 Å². The van der Waals surface area contributed by atoms with Gasteiger partial charge in [-0.2, -0.15) is 0 Å². The number of hydrogen-bond acceptors (Lipinski definition) is 4. The van der Waals surface area contributed by atoms with E-state index >= 15 is 0 Å². The molecule has 0 aromatic heterocycles. The molecular weight excluding hydrogens is 322 g/mol. The van der Waals surface area contributed by atoms with Crippen LogP contribution >= 0.6 is 0 Å². The number of carbonyl (C=O) groups excluding carboxylic acids is 3. The summed E-state index contributed by atoms with van der Waals surface area (Å²) in [5.74, 6) is -0.539. The van der Waals surface area contributed by atoms with Gasteiger partial charge in [0.05, 0.1) is 5.92 Å². The first-order valence-corrected chi connectivity index (χ1v) is 8.48. The second kappa shape index (κ2) is 7.42. The van der Waals surface area contributed by atoms with E-state index in [1.54, 1.807) is 0 Å². The lowest BCUT2D eigenvalue weighted by molar-refractivity contribution is -0.123. The third-order valence-corrected chi connectivity index (χ3v) is 4.68. The molecule has 0 saturated carbocycles. The van der Waals surface area contributed by atoms with Crippen LogP contribution in [-0.4, -0.2) is 43.5 Å². The minimum atomic E-state index is -0.522. The average Bonchev–Trinajstić information content (AvgIpc) is 3.07. The molecule has 1 aromatic rings. The number of primary amides is 1. The lowest BCUT2D eigenvalue weighted by Gasteiger charge is -2.33. The summed E-state index contributed by atoms with van der Waals surface area (Å²) in [6.07, 6.45) is 1.80. The molecule has 2 saturated heterocycles. The van der Waals surface area contributed by atoms with Crippen LogP contribution in [0.25, 0.3) is 0 Å². The summed E-state index contributed by atoms with van der Waals surface area (Å²) < 4.78 is 0. The minimum absolute atomic E-state index is 0.0945. The van der Waals surface area contributed by atoms with E-state index in [9.17, 15) is 14.4 Å². The summed E-state index contributed by atoms with van der Waals surface area (Å²) in [5.41, 5.74) is 7.44. The molecule has 5 N–H and O–H groups in total. The van der Waals surface area contributed by atoms with E-state index in [4.69, 9.17) is 5.73 Å². The van der Waals surface area contributed by atoms with E-state index in [0.29, 0.717) is 19.6 Å². The van der Waals surface area contributed by atoms with Gasteiger partial charge in [0.25, 0.3) is 0 Å². The molecule has 4 amide bonds. The zero-order valence-electron chi connectivity index (χ0n) is 14.0. The van der Waals surface area contributed by atoms with Crippen molar-refractivity contribution in [2.24, 2.45) is 11.7 Å². The monoisotopic (exact) mass is 345 g/mol. The number of anilines is 1. The Morgan fingerprint density at radius 3 is 2.68 bits per heavy atom. The van der Waals surface area contributed by atoms with Gasteiger partial charge in [0.2, 0.25) is 11.8 Å². The maximum absolute atomic E-state index is 12.0. The Morgan fingerprint density at radius 1 is 1.28 bits per heavy atom. The van der Waals surface area contributed by atoms with Crippen LogP contribution < -0.4 is 26.6 Å². The van der Waals surface area contributed by atoms with Crippen molar-refractivity contribution in [2.75, 3.05) is 24.5 Å². The van der Waals surface area contributed by atoms with Gasteiger partial charge in [0.15, 0.2) is 0 Å². The first-order valence-electron chi connectivity index (χ1n) is 8.48. The van der Waals surface area contributed by atoms with Crippen LogP contribution in [-0.2, 0) is 16.1 Å². The molecule has 134 valence electrons. The van der Waals surface area contributed by atoms with Crippen LogP contribution in [0.5, 0.6) is 0 Å².